The van der Waals surface area contributed by atoms with Gasteiger partial charge >= 0.3 is 5.97 Å². The number of nitrogens with one attached hydrogen (secondary N) is 2. The second kappa shape index (κ2) is 12.4. The maximum Gasteiger partial charge on any atom is 0.325 e. The first-order valence-electron chi connectivity index (χ1n) is 9.13. The van der Waals surface area contributed by atoms with Crippen LogP contribution >= 0.6 is 0 Å². The molecule has 10 nitrogen and oxygen atoms in total. The molecule has 1 aromatic rings. The minimum absolute atomic E-state index is 0.170. The molecule has 1 aliphatic carbocycles. The number of hydrogen-bond acceptors (Lipinski definition) is 7. The number of esters is 1. The molecule has 160 valence electrons. The van der Waals surface area contributed by atoms with E-state index in [0.29, 0.717) is 19.3 Å². The van der Waals surface area contributed by atoms with Gasteiger partial charge in [-0.1, -0.05) is 0 Å². The molecule has 1 fully saturated rings. The average molecular weight is 409 g/mol. The van der Waals surface area contributed by atoms with Crippen LogP contribution < -0.4 is 10.6 Å². The number of carboxylic acid groups (broad SMARTS) is 1. The van der Waals surface area contributed by atoms with Gasteiger partial charge in [-0.05, 0) is 37.0 Å². The number of aliphatic carboxylic acids is 1. The lowest BCUT2D eigenvalue weighted by atomic mass is 10.1. The molecule has 1 saturated carbocycles. The quantitative estimate of drug-likeness (QED) is 0.446. The molecule has 0 aromatic carbocycles. The second-order valence-electron chi connectivity index (χ2n) is 6.58. The van der Waals surface area contributed by atoms with Gasteiger partial charge in [0.1, 0.15) is 6.54 Å². The number of carbonyl (C=O) groups excluding carboxylic acids is 3. The summed E-state index contributed by atoms with van der Waals surface area (Å²) in [6.07, 6.45) is 4.04. The zero-order valence-corrected chi connectivity index (χ0v) is 16.5. The zero-order chi connectivity index (χ0) is 21.8. The Kier molecular flexibility index (Phi) is 10.3. The van der Waals surface area contributed by atoms with E-state index in [1.54, 1.807) is 12.4 Å². The van der Waals surface area contributed by atoms with E-state index in [1.807, 2.05) is 12.1 Å². The van der Waals surface area contributed by atoms with Gasteiger partial charge in [-0.15, -0.1) is 0 Å². The van der Waals surface area contributed by atoms with Crippen molar-refractivity contribution in [3.8, 4) is 0 Å². The van der Waals surface area contributed by atoms with Crippen molar-refractivity contribution in [3.63, 3.8) is 0 Å². The number of carbonyl (C=O) groups is 4. The van der Waals surface area contributed by atoms with E-state index in [4.69, 9.17) is 9.90 Å². The predicted octanol–water partition coefficient (Wildman–Crippen LogP) is -0.350. The van der Waals surface area contributed by atoms with Crippen molar-refractivity contribution in [3.05, 3.63) is 30.1 Å². The average Bonchev–Trinajstić information content (AvgIpc) is 3.05. The first-order valence-corrected chi connectivity index (χ1v) is 9.13. The van der Waals surface area contributed by atoms with Gasteiger partial charge in [0, 0.05) is 31.7 Å². The van der Waals surface area contributed by atoms with Gasteiger partial charge in [0.05, 0.1) is 19.3 Å². The number of rotatable bonds is 7. The van der Waals surface area contributed by atoms with Crippen LogP contribution in [-0.2, 0) is 30.3 Å². The number of amides is 2. The van der Waals surface area contributed by atoms with E-state index in [9.17, 15) is 19.5 Å². The van der Waals surface area contributed by atoms with E-state index in [-0.39, 0.29) is 24.8 Å². The Bertz CT molecular complexity index is 692. The van der Waals surface area contributed by atoms with E-state index in [2.05, 4.69) is 20.4 Å². The topological polar surface area (TPSA) is 155 Å². The number of aliphatic hydroxyl groups excluding tert-OH is 1. The van der Waals surface area contributed by atoms with E-state index in [0.717, 1.165) is 12.5 Å². The number of ether oxygens (including phenoxy) is 1. The van der Waals surface area contributed by atoms with Crippen LogP contribution in [0.4, 0.5) is 0 Å². The Morgan fingerprint density at radius 3 is 2.41 bits per heavy atom. The third kappa shape index (κ3) is 9.65. The minimum Gasteiger partial charge on any atom is -0.481 e. The lowest BCUT2D eigenvalue weighted by molar-refractivity contribution is -0.141. The predicted molar refractivity (Wildman–Crippen MR) is 102 cm³/mol. The molecule has 0 spiro atoms. The first kappa shape index (κ1) is 24.0. The summed E-state index contributed by atoms with van der Waals surface area (Å²) in [5.41, 5.74) is 1.01. The van der Waals surface area contributed by atoms with Crippen molar-refractivity contribution in [2.45, 2.75) is 44.8 Å². The van der Waals surface area contributed by atoms with Crippen LogP contribution in [0.1, 0.15) is 31.7 Å². The molecule has 4 N–H and O–H groups in total. The third-order valence-corrected chi connectivity index (χ3v) is 4.27. The van der Waals surface area contributed by atoms with Crippen LogP contribution in [0.3, 0.4) is 0 Å². The fourth-order valence-corrected chi connectivity index (χ4v) is 2.85. The monoisotopic (exact) mass is 409 g/mol. The largest absolute Gasteiger partial charge is 0.481 e. The molecule has 0 unspecified atom stereocenters. The molecule has 0 bridgehead atoms. The van der Waals surface area contributed by atoms with Crippen molar-refractivity contribution in [1.29, 1.82) is 0 Å². The molecule has 2 rings (SSSR count). The summed E-state index contributed by atoms with van der Waals surface area (Å²) in [5.74, 6) is -2.30. The van der Waals surface area contributed by atoms with Crippen molar-refractivity contribution < 1.29 is 34.1 Å². The highest BCUT2D eigenvalue weighted by Gasteiger charge is 2.37. The van der Waals surface area contributed by atoms with Crippen molar-refractivity contribution in [1.82, 2.24) is 15.6 Å². The van der Waals surface area contributed by atoms with Gasteiger partial charge < -0.3 is 25.6 Å². The first-order chi connectivity index (χ1) is 13.7. The molecular weight excluding hydrogens is 382 g/mol. The number of aryl methyl sites for hydroxylation is 1. The van der Waals surface area contributed by atoms with Gasteiger partial charge in [0.25, 0.3) is 5.97 Å². The molecule has 1 aliphatic rings. The van der Waals surface area contributed by atoms with Gasteiger partial charge in [-0.3, -0.25) is 24.2 Å². The summed E-state index contributed by atoms with van der Waals surface area (Å²) in [6.45, 7) is 0.880. The normalized spacial score (nSPS) is 20.0. The number of hydrogen-bond donors (Lipinski definition) is 4. The molecule has 1 heterocycles. The van der Waals surface area contributed by atoms with Crippen LogP contribution in [0.5, 0.6) is 0 Å². The molecule has 2 amide bonds. The Morgan fingerprint density at radius 2 is 1.83 bits per heavy atom. The Labute approximate surface area is 168 Å². The Hall–Kier alpha value is -3.01. The summed E-state index contributed by atoms with van der Waals surface area (Å²) >= 11 is 0. The highest BCUT2D eigenvalue weighted by atomic mass is 16.5. The smallest absolute Gasteiger partial charge is 0.325 e. The van der Waals surface area contributed by atoms with E-state index >= 15 is 0 Å². The fraction of sp³-hybridized carbons (Fsp3) is 0.526. The van der Waals surface area contributed by atoms with Crippen molar-refractivity contribution in [2.75, 3.05) is 13.7 Å². The maximum atomic E-state index is 12.0. The summed E-state index contributed by atoms with van der Waals surface area (Å²) in [6, 6.07) is 3.23. The number of methoxy groups -OCH3 is 1. The van der Waals surface area contributed by atoms with E-state index in [1.165, 1.54) is 7.11 Å². The van der Waals surface area contributed by atoms with Crippen LogP contribution in [-0.4, -0.2) is 64.8 Å². The Balaban J connectivity index is 0.000000960. The van der Waals surface area contributed by atoms with Crippen LogP contribution in [0.25, 0.3) is 0 Å². The molecule has 3 atom stereocenters. The van der Waals surface area contributed by atoms with Crippen molar-refractivity contribution in [2.24, 2.45) is 5.92 Å². The van der Waals surface area contributed by atoms with E-state index < -0.39 is 30.0 Å². The molecule has 0 radical (unpaired) electrons. The molecular formula is C19H27N3O7. The maximum absolute atomic E-state index is 12.0. The highest BCUT2D eigenvalue weighted by Crippen LogP contribution is 2.26. The molecule has 1 aromatic heterocycles. The standard InChI is InChI=1S/C17H23N3O5.C2H4O2/c1-25-16(23)10-19-17(24)12-8-13(14(21)9-12)20-15(22)3-2-11-4-6-18-7-5-11;1-2(3)4/h4-7,12-14,21H,2-3,8-10H2,1H3,(H,19,24)(H,20,22);1H3,(H,3,4)/t12-,13+,14+;/m0./s1. The summed E-state index contributed by atoms with van der Waals surface area (Å²) < 4.78 is 4.46. The van der Waals surface area contributed by atoms with Crippen LogP contribution in [0, 0.1) is 5.92 Å². The fourth-order valence-electron chi connectivity index (χ4n) is 2.85. The SMILES string of the molecule is CC(=O)O.COC(=O)CNC(=O)[C@@H]1C[C@@H](O)[C@H](NC(=O)CCc2ccncc2)C1. The van der Waals surface area contributed by atoms with Crippen LogP contribution in [0.15, 0.2) is 24.5 Å². The zero-order valence-electron chi connectivity index (χ0n) is 16.5. The highest BCUT2D eigenvalue weighted by molar-refractivity contribution is 5.84. The number of pyridine rings is 1. The summed E-state index contributed by atoms with van der Waals surface area (Å²) in [4.78, 5) is 48.0. The molecule has 29 heavy (non-hydrogen) atoms. The van der Waals surface area contributed by atoms with Gasteiger partial charge in [-0.25, -0.2) is 0 Å². The number of carboxylic acids is 1. The lowest BCUT2D eigenvalue weighted by Gasteiger charge is -2.16. The summed E-state index contributed by atoms with van der Waals surface area (Å²) in [5, 5.41) is 22.7. The minimum atomic E-state index is -0.833. The number of nitrogens with zero attached hydrogens (tertiary/aromatic N) is 1. The third-order valence-electron chi connectivity index (χ3n) is 4.27. The van der Waals surface area contributed by atoms with Crippen LogP contribution in [0.2, 0.25) is 0 Å². The lowest BCUT2D eigenvalue weighted by Crippen LogP contribution is -2.40. The number of aliphatic hydroxyl groups is 1. The second-order valence-corrected chi connectivity index (χ2v) is 6.58. The molecule has 0 aliphatic heterocycles. The van der Waals surface area contributed by atoms with Gasteiger partial charge in [0.15, 0.2) is 0 Å². The summed E-state index contributed by atoms with van der Waals surface area (Å²) in [7, 11) is 1.24. The number of aromatic nitrogens is 1. The molecule has 0 saturated heterocycles. The van der Waals surface area contributed by atoms with Crippen molar-refractivity contribution >= 4 is 23.8 Å². The van der Waals surface area contributed by atoms with Gasteiger partial charge in [0.2, 0.25) is 11.8 Å². The Morgan fingerprint density at radius 1 is 1.21 bits per heavy atom. The van der Waals surface area contributed by atoms with Gasteiger partial charge in [-0.2, -0.15) is 0 Å². The molecule has 10 heteroatoms.